The van der Waals surface area contributed by atoms with Gasteiger partial charge in [0.25, 0.3) is 7.82 Å². The Morgan fingerprint density at radius 2 is 0.740 bits per heavy atom. The standard InChI is InChI=1S/C24H51N4O9P2.C20H42N2O10P2.C11H22O4.C10H21NO4.H2O/c1-22(20-27-23(29)12-4-10-17-35-38(31)34-16-8-2-6-14-25)21-28-24(30)13-5-11-19-37-39(32,33)36-18-9-3-7-15-26;1-4-12-29-33(25,26)31-14-8-6-10-19(23)21-16-18(3)17-22-20(24)11-7-9-15-32-34(27,28)30-13-5-2;1-3-4-5-6-11(12)15-10-9-14-8-7-13-2;1-3-4-5-11-10(12)15-9-8-14-7-6-13-2;/h22H,2-21,25-26H2,1H3,(H,27,29)(H,28,30)(H,32,33);18H,4-17H2,1-3H3,(H,21,23)(H,22,24)(H,25,26)(H,27,28);3-10H2,1-2H3;3-9H2,1-2H3,(H,11,12);1H2/q-1;;;;/p-1. The van der Waals surface area contributed by atoms with Crippen LogP contribution in [0.3, 0.4) is 0 Å². The Kier molecular flexibility index (Phi) is 85.3. The molecule has 104 heavy (non-hydrogen) atoms. The summed E-state index contributed by atoms with van der Waals surface area (Å²) in [5.41, 5.74) is 10.8. The predicted octanol–water partition coefficient (Wildman–Crippen LogP) is 6.98. The average molecular weight is 1590 g/mol. The van der Waals surface area contributed by atoms with Crippen LogP contribution in [-0.2, 0) is 102 Å². The summed E-state index contributed by atoms with van der Waals surface area (Å²) in [6.45, 7) is 19.9. The van der Waals surface area contributed by atoms with Crippen molar-refractivity contribution in [3.8, 4) is 0 Å². The molecule has 13 N–H and O–H groups in total. The van der Waals surface area contributed by atoms with Gasteiger partial charge >= 0.3 is 27.7 Å². The van der Waals surface area contributed by atoms with E-state index in [1.165, 1.54) is 0 Å². The maximum atomic E-state index is 12.0. The lowest BCUT2D eigenvalue weighted by Crippen LogP contribution is -2.35. The molecule has 0 spiro atoms. The van der Waals surface area contributed by atoms with Gasteiger partial charge in [-0.2, -0.15) is 0 Å². The van der Waals surface area contributed by atoms with Gasteiger partial charge in [-0.25, -0.2) is 13.9 Å². The highest BCUT2D eigenvalue weighted by Gasteiger charge is 2.21. The van der Waals surface area contributed by atoms with Gasteiger partial charge in [0.1, 0.15) is 13.2 Å². The van der Waals surface area contributed by atoms with Crippen molar-refractivity contribution in [1.82, 2.24) is 26.6 Å². The molecule has 0 saturated carbocycles. The van der Waals surface area contributed by atoms with Gasteiger partial charge in [-0.3, -0.25) is 46.6 Å². The normalized spacial score (nSPS) is 13.5. The van der Waals surface area contributed by atoms with E-state index < -0.39 is 32.1 Å². The Labute approximate surface area is 621 Å². The predicted molar refractivity (Wildman–Crippen MR) is 392 cm³/mol. The molecule has 0 radical (unpaired) electrons. The maximum absolute atomic E-state index is 12.0. The van der Waals surface area contributed by atoms with Gasteiger partial charge in [-0.05, 0) is 141 Å². The van der Waals surface area contributed by atoms with Crippen LogP contribution in [0.4, 0.5) is 4.79 Å². The SMILES string of the molecule is CC(CNC(=O)CCCCOP([O-])OCCCCCN)CNC(=O)CCCCOP(=O)([O-])OCCCCCN.CCCCCC(=O)OCCOCCOC.CCCCNC(=O)OCCOCCOC.CCCOP(=O)(O)OCCCCC(=O)NCC(C)CNC(=O)CCCCOP(=O)(O)OCCC.O. The molecular weight excluding hydrogens is 1450 g/mol. The fraction of sp³-hybridized carbons (Fsp3) is 0.908. The number of alkyl carbamates (subject to hydrolysis) is 1. The van der Waals surface area contributed by atoms with Crippen molar-refractivity contribution in [2.45, 2.75) is 208 Å². The average Bonchev–Trinajstić information content (AvgIpc) is 0.980. The maximum Gasteiger partial charge on any atom is 0.472 e. The molecule has 0 fully saturated rings. The Balaban J connectivity index is -0.000000452. The number of nitrogens with one attached hydrogen (secondary N) is 5. The number of phosphoric acid groups is 3. The van der Waals surface area contributed by atoms with E-state index in [9.17, 15) is 62.0 Å². The first kappa shape index (κ1) is 110. The van der Waals surface area contributed by atoms with E-state index in [2.05, 4.69) is 40.4 Å². The molecule has 0 aromatic carbocycles. The summed E-state index contributed by atoms with van der Waals surface area (Å²) in [6.07, 6.45) is 16.5. The topological polar surface area (TPSA) is 513 Å². The van der Waals surface area contributed by atoms with E-state index in [4.69, 9.17) is 76.1 Å². The summed E-state index contributed by atoms with van der Waals surface area (Å²) in [5.74, 6) is -0.570. The zero-order valence-corrected chi connectivity index (χ0v) is 67.4. The van der Waals surface area contributed by atoms with Crippen molar-refractivity contribution in [2.24, 2.45) is 23.3 Å². The second-order valence-corrected chi connectivity index (χ2v) is 28.8. The number of rotatable bonds is 69. The van der Waals surface area contributed by atoms with Gasteiger partial charge in [-0.1, -0.05) is 60.8 Å². The molecule has 5 unspecified atom stereocenters. The first-order valence-corrected chi connectivity index (χ1v) is 42.1. The Bertz CT molecular complexity index is 2060. The van der Waals surface area contributed by atoms with Gasteiger partial charge < -0.3 is 110 Å². The largest absolute Gasteiger partial charge is 0.786 e. The van der Waals surface area contributed by atoms with Crippen LogP contribution >= 0.6 is 32.1 Å². The molecule has 0 rings (SSSR count). The summed E-state index contributed by atoms with van der Waals surface area (Å²) in [5, 5.41) is 13.9. The fourth-order valence-corrected chi connectivity index (χ4v) is 10.6. The molecule has 0 bridgehead atoms. The highest BCUT2D eigenvalue weighted by atomic mass is 31.2. The molecule has 35 nitrogen and oxygen atoms in total. The number of amides is 5. The number of hydrogen-bond acceptors (Lipinski definition) is 27. The quantitative estimate of drug-likeness (QED) is 0.0168. The van der Waals surface area contributed by atoms with Crippen molar-refractivity contribution in [2.75, 3.05) is 166 Å². The molecule has 0 aromatic heterocycles. The van der Waals surface area contributed by atoms with E-state index in [1.807, 2.05) is 27.7 Å². The lowest BCUT2D eigenvalue weighted by atomic mass is 10.1. The molecule has 0 saturated heterocycles. The van der Waals surface area contributed by atoms with Crippen molar-refractivity contribution >= 4 is 67.8 Å². The molecule has 0 aliphatic carbocycles. The van der Waals surface area contributed by atoms with E-state index in [1.54, 1.807) is 14.2 Å². The fourth-order valence-electron chi connectivity index (χ4n) is 7.51. The van der Waals surface area contributed by atoms with Gasteiger partial charge in [0.05, 0.1) is 101 Å². The smallest absolute Gasteiger partial charge is 0.472 e. The van der Waals surface area contributed by atoms with Gasteiger partial charge in [0, 0.05) is 79.0 Å². The first-order valence-electron chi connectivity index (χ1n) is 36.6. The Morgan fingerprint density at radius 1 is 0.404 bits per heavy atom. The zero-order chi connectivity index (χ0) is 77.8. The number of carbonyl (C=O) groups excluding carboxylic acids is 6. The van der Waals surface area contributed by atoms with Crippen LogP contribution < -0.4 is 47.8 Å². The number of ether oxygens (including phenoxy) is 6. The molecule has 39 heteroatoms. The van der Waals surface area contributed by atoms with Gasteiger partial charge in [-0.15, -0.1) is 0 Å². The lowest BCUT2D eigenvalue weighted by molar-refractivity contribution is -0.225. The zero-order valence-electron chi connectivity index (χ0n) is 63.8. The van der Waals surface area contributed by atoms with Gasteiger partial charge in [0.15, 0.2) is 0 Å². The van der Waals surface area contributed by atoms with Crippen LogP contribution in [0, 0.1) is 11.8 Å². The minimum absolute atomic E-state index is 0. The third-order valence-corrected chi connectivity index (χ3v) is 17.2. The highest BCUT2D eigenvalue weighted by Crippen LogP contribution is 2.44. The van der Waals surface area contributed by atoms with E-state index in [-0.39, 0.29) is 125 Å². The molecule has 0 aliphatic rings. The summed E-state index contributed by atoms with van der Waals surface area (Å²) in [4.78, 5) is 112. The Morgan fingerprint density at radius 3 is 1.12 bits per heavy atom. The van der Waals surface area contributed by atoms with Crippen LogP contribution in [0.1, 0.15) is 208 Å². The van der Waals surface area contributed by atoms with Crippen molar-refractivity contribution in [1.29, 1.82) is 0 Å². The van der Waals surface area contributed by atoms with Crippen molar-refractivity contribution < 1.29 is 132 Å². The number of esters is 1. The minimum Gasteiger partial charge on any atom is -0.786 e. The first-order chi connectivity index (χ1) is 49.3. The summed E-state index contributed by atoms with van der Waals surface area (Å²) < 4.78 is 103. The second kappa shape index (κ2) is 81.0. The molecule has 5 atom stereocenters. The van der Waals surface area contributed by atoms with Crippen LogP contribution in [0.15, 0.2) is 0 Å². The molecule has 622 valence electrons. The molecule has 0 heterocycles. The monoisotopic (exact) mass is 1590 g/mol. The van der Waals surface area contributed by atoms with Crippen LogP contribution in [0.5, 0.6) is 0 Å². The number of phosphoric ester groups is 3. The Hall–Kier alpha value is -3.02. The van der Waals surface area contributed by atoms with Crippen LogP contribution in [-0.4, -0.2) is 217 Å². The third-order valence-electron chi connectivity index (χ3n) is 13.4. The number of nitrogens with two attached hydrogens (primary N) is 2. The van der Waals surface area contributed by atoms with Gasteiger partial charge in [0.2, 0.25) is 23.6 Å². The third kappa shape index (κ3) is 89.6. The summed E-state index contributed by atoms with van der Waals surface area (Å²) in [6, 6.07) is 0. The molecular formula is C65H137N7O28P4-2. The van der Waals surface area contributed by atoms with E-state index >= 15 is 0 Å². The van der Waals surface area contributed by atoms with Crippen molar-refractivity contribution in [3.63, 3.8) is 0 Å². The summed E-state index contributed by atoms with van der Waals surface area (Å²) >= 11 is 0. The van der Waals surface area contributed by atoms with E-state index in [0.29, 0.717) is 182 Å². The minimum atomic E-state index is -4.31. The number of methoxy groups -OCH3 is 2. The molecule has 5 amide bonds. The van der Waals surface area contributed by atoms with Crippen LogP contribution in [0.25, 0.3) is 0 Å². The molecule has 0 aliphatic heterocycles. The molecule has 0 aromatic rings. The lowest BCUT2D eigenvalue weighted by Gasteiger charge is -2.22. The highest BCUT2D eigenvalue weighted by molar-refractivity contribution is 7.47. The van der Waals surface area contributed by atoms with Crippen molar-refractivity contribution in [3.05, 3.63) is 0 Å². The number of carbonyl (C=O) groups is 6. The number of unbranched alkanes of at least 4 members (excludes halogenated alkanes) is 11. The van der Waals surface area contributed by atoms with E-state index in [0.717, 1.165) is 64.2 Å². The second-order valence-electron chi connectivity index (χ2n) is 23.5. The van der Waals surface area contributed by atoms with Crippen LogP contribution in [0.2, 0.25) is 0 Å². The number of hydrogen-bond donors (Lipinski definition) is 9. The summed E-state index contributed by atoms with van der Waals surface area (Å²) in [7, 11) is -11.2.